The highest BCUT2D eigenvalue weighted by Gasteiger charge is 2.22. The topological polar surface area (TPSA) is 31.4 Å². The molecule has 0 saturated heterocycles. The van der Waals surface area contributed by atoms with Gasteiger partial charge in [0.1, 0.15) is 0 Å². The average molecular weight is 274 g/mol. The molecule has 0 unspecified atom stereocenters. The van der Waals surface area contributed by atoms with Crippen LogP contribution in [0.5, 0.6) is 0 Å². The lowest BCUT2D eigenvalue weighted by Crippen LogP contribution is -2.36. The lowest BCUT2D eigenvalue weighted by Gasteiger charge is -2.35. The van der Waals surface area contributed by atoms with E-state index in [1.54, 1.807) is 11.3 Å². The molecule has 3 rings (SSSR count). The van der Waals surface area contributed by atoms with Gasteiger partial charge in [0.05, 0.1) is 11.4 Å². The summed E-state index contributed by atoms with van der Waals surface area (Å²) >= 11 is 1.76. The number of nitrogens with one attached hydrogen (secondary N) is 1. The molecule has 5 heteroatoms. The van der Waals surface area contributed by atoms with Crippen LogP contribution in [-0.4, -0.2) is 32.2 Å². The first-order chi connectivity index (χ1) is 9.29. The van der Waals surface area contributed by atoms with Crippen LogP contribution in [0.2, 0.25) is 0 Å². The Labute approximate surface area is 117 Å². The second-order valence-electron chi connectivity index (χ2n) is 4.70. The van der Waals surface area contributed by atoms with E-state index in [2.05, 4.69) is 51.4 Å². The Morgan fingerprint density at radius 2 is 2.05 bits per heavy atom. The Kier molecular flexibility index (Phi) is 3.40. The number of anilines is 3. The molecule has 2 aromatic rings. The standard InChI is InChI=1S/C14H18N4S/c1-15-9-11-10-16-14(19-11)18-8-7-17(2)12-5-3-4-6-13(12)18/h3-6,10,15H,7-9H2,1-2H3. The number of aromatic nitrogens is 1. The van der Waals surface area contributed by atoms with Gasteiger partial charge in [-0.15, -0.1) is 11.3 Å². The Morgan fingerprint density at radius 1 is 1.26 bits per heavy atom. The van der Waals surface area contributed by atoms with Crippen LogP contribution in [-0.2, 0) is 6.54 Å². The number of rotatable bonds is 3. The summed E-state index contributed by atoms with van der Waals surface area (Å²) in [4.78, 5) is 10.5. The molecule has 1 aromatic carbocycles. The van der Waals surface area contributed by atoms with Crippen molar-refractivity contribution in [2.75, 3.05) is 37.0 Å². The molecule has 100 valence electrons. The molecule has 0 atom stereocenters. The summed E-state index contributed by atoms with van der Waals surface area (Å²) in [5.41, 5.74) is 2.53. The Balaban J connectivity index is 1.95. The molecule has 0 aliphatic carbocycles. The average Bonchev–Trinajstić information content (AvgIpc) is 2.88. The van der Waals surface area contributed by atoms with E-state index in [-0.39, 0.29) is 0 Å². The minimum Gasteiger partial charge on any atom is -0.371 e. The summed E-state index contributed by atoms with van der Waals surface area (Å²) in [6, 6.07) is 8.52. The van der Waals surface area contributed by atoms with Crippen LogP contribution >= 0.6 is 11.3 Å². The maximum Gasteiger partial charge on any atom is 0.190 e. The van der Waals surface area contributed by atoms with Crippen molar-refractivity contribution >= 4 is 27.8 Å². The van der Waals surface area contributed by atoms with Gasteiger partial charge in [-0.05, 0) is 19.2 Å². The lowest BCUT2D eigenvalue weighted by atomic mass is 10.2. The second-order valence-corrected chi connectivity index (χ2v) is 5.80. The molecule has 1 aliphatic heterocycles. The molecule has 4 nitrogen and oxygen atoms in total. The Hall–Kier alpha value is -1.59. The van der Waals surface area contributed by atoms with E-state index in [0.717, 1.165) is 24.8 Å². The number of hydrogen-bond donors (Lipinski definition) is 1. The highest BCUT2D eigenvalue weighted by molar-refractivity contribution is 7.15. The summed E-state index contributed by atoms with van der Waals surface area (Å²) in [5.74, 6) is 0. The molecular formula is C14H18N4S. The first-order valence-corrected chi connectivity index (χ1v) is 7.28. The number of benzene rings is 1. The smallest absolute Gasteiger partial charge is 0.190 e. The van der Waals surface area contributed by atoms with Crippen molar-refractivity contribution in [3.63, 3.8) is 0 Å². The number of likely N-dealkylation sites (N-methyl/N-ethyl adjacent to an activating group) is 1. The monoisotopic (exact) mass is 274 g/mol. The lowest BCUT2D eigenvalue weighted by molar-refractivity contribution is 0.818. The van der Waals surface area contributed by atoms with E-state index < -0.39 is 0 Å². The highest BCUT2D eigenvalue weighted by atomic mass is 32.1. The number of thiazole rings is 1. The van der Waals surface area contributed by atoms with Gasteiger partial charge in [-0.2, -0.15) is 0 Å². The summed E-state index contributed by atoms with van der Waals surface area (Å²) in [7, 11) is 4.11. The van der Waals surface area contributed by atoms with Crippen molar-refractivity contribution in [3.8, 4) is 0 Å². The van der Waals surface area contributed by atoms with Crippen LogP contribution in [0.3, 0.4) is 0 Å². The van der Waals surface area contributed by atoms with Gasteiger partial charge >= 0.3 is 0 Å². The largest absolute Gasteiger partial charge is 0.371 e. The molecule has 1 aliphatic rings. The molecule has 0 bridgehead atoms. The van der Waals surface area contributed by atoms with Crippen molar-refractivity contribution in [1.82, 2.24) is 10.3 Å². The van der Waals surface area contributed by atoms with Crippen molar-refractivity contribution in [1.29, 1.82) is 0 Å². The van der Waals surface area contributed by atoms with Gasteiger partial charge < -0.3 is 15.1 Å². The van der Waals surface area contributed by atoms with Gasteiger partial charge in [0.25, 0.3) is 0 Å². The number of para-hydroxylation sites is 2. The van der Waals surface area contributed by atoms with Crippen molar-refractivity contribution in [2.45, 2.75) is 6.54 Å². The quantitative estimate of drug-likeness (QED) is 0.931. The van der Waals surface area contributed by atoms with E-state index in [0.29, 0.717) is 0 Å². The first kappa shape index (κ1) is 12.4. The first-order valence-electron chi connectivity index (χ1n) is 6.46. The summed E-state index contributed by atoms with van der Waals surface area (Å²) in [6.07, 6.45) is 1.97. The molecule has 0 amide bonds. The van der Waals surface area contributed by atoms with Crippen LogP contribution in [0.4, 0.5) is 16.5 Å². The van der Waals surface area contributed by atoms with Gasteiger partial charge in [-0.3, -0.25) is 0 Å². The molecule has 0 radical (unpaired) electrons. The molecule has 0 fully saturated rings. The summed E-state index contributed by atoms with van der Waals surface area (Å²) in [6.45, 7) is 2.89. The second kappa shape index (κ2) is 5.19. The van der Waals surface area contributed by atoms with E-state index >= 15 is 0 Å². The van der Waals surface area contributed by atoms with E-state index in [4.69, 9.17) is 0 Å². The number of hydrogen-bond acceptors (Lipinski definition) is 5. The Morgan fingerprint density at radius 3 is 2.84 bits per heavy atom. The summed E-state index contributed by atoms with van der Waals surface area (Å²) < 4.78 is 0. The highest BCUT2D eigenvalue weighted by Crippen LogP contribution is 2.38. The van der Waals surface area contributed by atoms with Crippen LogP contribution < -0.4 is 15.1 Å². The molecular weight excluding hydrogens is 256 g/mol. The molecule has 1 N–H and O–H groups in total. The van der Waals surface area contributed by atoms with Crippen molar-refractivity contribution in [2.24, 2.45) is 0 Å². The molecule has 19 heavy (non-hydrogen) atoms. The zero-order valence-electron chi connectivity index (χ0n) is 11.3. The van der Waals surface area contributed by atoms with Gasteiger partial charge in [0.15, 0.2) is 5.13 Å². The summed E-state index contributed by atoms with van der Waals surface area (Å²) in [5, 5.41) is 4.26. The van der Waals surface area contributed by atoms with E-state index in [1.165, 1.54) is 16.3 Å². The minimum absolute atomic E-state index is 0.882. The number of fused-ring (bicyclic) bond motifs is 1. The van der Waals surface area contributed by atoms with E-state index in [9.17, 15) is 0 Å². The maximum atomic E-state index is 4.57. The minimum atomic E-state index is 0.882. The third kappa shape index (κ3) is 2.31. The zero-order valence-corrected chi connectivity index (χ0v) is 12.1. The SMILES string of the molecule is CNCc1cnc(N2CCN(C)c3ccccc32)s1. The van der Waals surface area contributed by atoms with E-state index in [1.807, 2.05) is 13.2 Å². The zero-order chi connectivity index (χ0) is 13.2. The molecule has 0 spiro atoms. The predicted molar refractivity (Wildman–Crippen MR) is 81.6 cm³/mol. The maximum absolute atomic E-state index is 4.57. The van der Waals surface area contributed by atoms with Crippen molar-refractivity contribution in [3.05, 3.63) is 35.3 Å². The van der Waals surface area contributed by atoms with Crippen molar-refractivity contribution < 1.29 is 0 Å². The molecule has 0 saturated carbocycles. The van der Waals surface area contributed by atoms with Gasteiger partial charge in [0, 0.05) is 37.8 Å². The molecule has 1 aromatic heterocycles. The third-order valence-electron chi connectivity index (χ3n) is 3.37. The van der Waals surface area contributed by atoms with Gasteiger partial charge in [-0.25, -0.2) is 4.98 Å². The van der Waals surface area contributed by atoms with Gasteiger partial charge in [-0.1, -0.05) is 12.1 Å². The molecule has 2 heterocycles. The fraction of sp³-hybridized carbons (Fsp3) is 0.357. The normalized spacial score (nSPS) is 14.6. The third-order valence-corrected chi connectivity index (χ3v) is 4.39. The number of nitrogens with zero attached hydrogens (tertiary/aromatic N) is 3. The fourth-order valence-corrected chi connectivity index (χ4v) is 3.34. The fourth-order valence-electron chi connectivity index (χ4n) is 2.38. The van der Waals surface area contributed by atoms with Crippen LogP contribution in [0, 0.1) is 0 Å². The van der Waals surface area contributed by atoms with Crippen LogP contribution in [0.15, 0.2) is 30.5 Å². The van der Waals surface area contributed by atoms with Gasteiger partial charge in [0.2, 0.25) is 0 Å². The van der Waals surface area contributed by atoms with Crippen LogP contribution in [0.1, 0.15) is 4.88 Å². The Bertz CT molecular complexity index is 566. The predicted octanol–water partition coefficient (Wildman–Crippen LogP) is 2.45. The van der Waals surface area contributed by atoms with Crippen LogP contribution in [0.25, 0.3) is 0 Å².